The van der Waals surface area contributed by atoms with Crippen LogP contribution in [0, 0.1) is 22.7 Å². The molecule has 1 heterocycles. The molecular weight excluding hydrogens is 180 g/mol. The molecule has 0 radical (unpaired) electrons. The normalized spacial score (nSPS) is 24.7. The van der Waals surface area contributed by atoms with Gasteiger partial charge < -0.3 is 10.0 Å². The predicted molar refractivity (Wildman–Crippen MR) is 51.2 cm³/mol. The van der Waals surface area contributed by atoms with Gasteiger partial charge in [0.15, 0.2) is 0 Å². The molecule has 0 bridgehead atoms. The van der Waals surface area contributed by atoms with Crippen molar-refractivity contribution < 1.29 is 9.90 Å². The van der Waals surface area contributed by atoms with Crippen molar-refractivity contribution in [2.24, 2.45) is 11.3 Å². The fourth-order valence-corrected chi connectivity index (χ4v) is 1.87. The number of nitrogens with zero attached hydrogens (tertiary/aromatic N) is 2. The van der Waals surface area contributed by atoms with Crippen LogP contribution in [-0.2, 0) is 4.79 Å². The fraction of sp³-hybridized carbons (Fsp3) is 0.800. The second-order valence-electron chi connectivity index (χ2n) is 4.48. The smallest absolute Gasteiger partial charge is 0.236 e. The molecule has 14 heavy (non-hydrogen) atoms. The third-order valence-corrected chi connectivity index (χ3v) is 2.95. The molecule has 1 aliphatic rings. The van der Waals surface area contributed by atoms with Gasteiger partial charge >= 0.3 is 0 Å². The zero-order chi connectivity index (χ0) is 10.8. The van der Waals surface area contributed by atoms with E-state index in [1.54, 1.807) is 4.90 Å². The molecule has 0 unspecified atom stereocenters. The molecule has 0 aliphatic carbocycles. The minimum Gasteiger partial charge on any atom is -0.396 e. The van der Waals surface area contributed by atoms with Crippen molar-refractivity contribution in [3.8, 4) is 6.07 Å². The lowest BCUT2D eigenvalue weighted by molar-refractivity contribution is -0.129. The molecule has 1 aliphatic heterocycles. The van der Waals surface area contributed by atoms with Crippen LogP contribution in [0.2, 0.25) is 0 Å². The molecule has 1 fully saturated rings. The second-order valence-corrected chi connectivity index (χ2v) is 4.48. The van der Waals surface area contributed by atoms with Crippen LogP contribution in [0.15, 0.2) is 0 Å². The molecule has 78 valence electrons. The number of rotatable bonds is 2. The Kier molecular flexibility index (Phi) is 3.12. The van der Waals surface area contributed by atoms with Crippen LogP contribution >= 0.6 is 0 Å². The van der Waals surface area contributed by atoms with Gasteiger partial charge in [0, 0.05) is 25.6 Å². The number of carbonyl (C=O) groups is 1. The Balaban J connectivity index is 2.63. The summed E-state index contributed by atoms with van der Waals surface area (Å²) in [4.78, 5) is 13.1. The Morgan fingerprint density at radius 3 is 2.79 bits per heavy atom. The van der Waals surface area contributed by atoms with Crippen LogP contribution in [0.5, 0.6) is 0 Å². The van der Waals surface area contributed by atoms with E-state index >= 15 is 0 Å². The van der Waals surface area contributed by atoms with Gasteiger partial charge in [0.1, 0.15) is 6.42 Å². The quantitative estimate of drug-likeness (QED) is 0.694. The third kappa shape index (κ3) is 2.05. The lowest BCUT2D eigenvalue weighted by Crippen LogP contribution is -2.29. The zero-order valence-corrected chi connectivity index (χ0v) is 8.66. The van der Waals surface area contributed by atoms with Crippen LogP contribution in [0.25, 0.3) is 0 Å². The van der Waals surface area contributed by atoms with Crippen molar-refractivity contribution >= 4 is 5.91 Å². The molecule has 1 atom stereocenters. The Morgan fingerprint density at radius 1 is 1.71 bits per heavy atom. The topological polar surface area (TPSA) is 64.3 Å². The molecule has 4 heteroatoms. The summed E-state index contributed by atoms with van der Waals surface area (Å²) >= 11 is 0. The number of amides is 1. The van der Waals surface area contributed by atoms with E-state index in [1.165, 1.54) is 0 Å². The highest BCUT2D eigenvalue weighted by atomic mass is 16.3. The van der Waals surface area contributed by atoms with Crippen molar-refractivity contribution in [1.82, 2.24) is 4.90 Å². The highest BCUT2D eigenvalue weighted by molar-refractivity contribution is 5.78. The van der Waals surface area contributed by atoms with Gasteiger partial charge in [-0.15, -0.1) is 0 Å². The average Bonchev–Trinajstić information content (AvgIpc) is 2.41. The largest absolute Gasteiger partial charge is 0.396 e. The van der Waals surface area contributed by atoms with Crippen molar-refractivity contribution in [2.45, 2.75) is 20.3 Å². The van der Waals surface area contributed by atoms with Crippen LogP contribution < -0.4 is 0 Å². The SMILES string of the molecule is CC1(C)CN(C(=O)CC#N)C[C@H]1CO. The highest BCUT2D eigenvalue weighted by Crippen LogP contribution is 2.34. The van der Waals surface area contributed by atoms with Crippen LogP contribution in [-0.4, -0.2) is 35.6 Å². The maximum atomic E-state index is 11.4. The van der Waals surface area contributed by atoms with Crippen LogP contribution in [0.3, 0.4) is 0 Å². The Labute approximate surface area is 84.1 Å². The molecule has 1 rings (SSSR count). The number of carbonyl (C=O) groups excluding carboxylic acids is 1. The summed E-state index contributed by atoms with van der Waals surface area (Å²) in [5.74, 6) is 0.00154. The van der Waals surface area contributed by atoms with Gasteiger partial charge in [-0.3, -0.25) is 4.79 Å². The molecule has 1 N–H and O–H groups in total. The summed E-state index contributed by atoms with van der Waals surface area (Å²) in [6.45, 7) is 5.38. The van der Waals surface area contributed by atoms with Crippen molar-refractivity contribution in [3.63, 3.8) is 0 Å². The molecule has 0 aromatic rings. The predicted octanol–water partition coefficient (Wildman–Crippen LogP) is 0.377. The number of hydrogen-bond acceptors (Lipinski definition) is 3. The van der Waals surface area contributed by atoms with Gasteiger partial charge in [-0.2, -0.15) is 5.26 Å². The van der Waals surface area contributed by atoms with Crippen LogP contribution in [0.4, 0.5) is 0 Å². The molecule has 0 saturated carbocycles. The lowest BCUT2D eigenvalue weighted by atomic mass is 9.83. The minimum absolute atomic E-state index is 0.0418. The van der Waals surface area contributed by atoms with E-state index in [-0.39, 0.29) is 30.3 Å². The maximum absolute atomic E-state index is 11.4. The van der Waals surface area contributed by atoms with E-state index in [1.807, 2.05) is 19.9 Å². The zero-order valence-electron chi connectivity index (χ0n) is 8.66. The number of nitriles is 1. The molecule has 1 saturated heterocycles. The summed E-state index contributed by atoms with van der Waals surface area (Å²) in [6.07, 6.45) is -0.0613. The standard InChI is InChI=1S/C10H16N2O2/c1-10(2)7-12(5-8(10)6-13)9(14)3-4-11/h8,13H,3,5-7H2,1-2H3/t8-/m0/s1. The number of hydrogen-bond donors (Lipinski definition) is 1. The lowest BCUT2D eigenvalue weighted by Gasteiger charge is -2.23. The Hall–Kier alpha value is -1.08. The Morgan fingerprint density at radius 2 is 2.36 bits per heavy atom. The number of likely N-dealkylation sites (tertiary alicyclic amines) is 1. The first-order valence-electron chi connectivity index (χ1n) is 4.77. The summed E-state index contributed by atoms with van der Waals surface area (Å²) in [5.41, 5.74) is -0.0418. The molecule has 0 aromatic heterocycles. The van der Waals surface area contributed by atoms with E-state index in [0.29, 0.717) is 13.1 Å². The second kappa shape index (κ2) is 3.97. The van der Waals surface area contributed by atoms with Crippen molar-refractivity contribution in [3.05, 3.63) is 0 Å². The third-order valence-electron chi connectivity index (χ3n) is 2.95. The molecule has 0 aromatic carbocycles. The van der Waals surface area contributed by atoms with Crippen LogP contribution in [0.1, 0.15) is 20.3 Å². The monoisotopic (exact) mass is 196 g/mol. The first-order valence-corrected chi connectivity index (χ1v) is 4.77. The highest BCUT2D eigenvalue weighted by Gasteiger charge is 2.40. The number of aliphatic hydroxyl groups is 1. The number of aliphatic hydroxyl groups excluding tert-OH is 1. The fourth-order valence-electron chi connectivity index (χ4n) is 1.87. The Bertz CT molecular complexity index is 268. The van der Waals surface area contributed by atoms with E-state index < -0.39 is 0 Å². The average molecular weight is 196 g/mol. The molecule has 4 nitrogen and oxygen atoms in total. The van der Waals surface area contributed by atoms with E-state index in [2.05, 4.69) is 0 Å². The van der Waals surface area contributed by atoms with Gasteiger partial charge in [0.05, 0.1) is 6.07 Å². The first kappa shape index (κ1) is 11.0. The van der Waals surface area contributed by atoms with E-state index in [0.717, 1.165) is 0 Å². The van der Waals surface area contributed by atoms with Gasteiger partial charge in [-0.25, -0.2) is 0 Å². The van der Waals surface area contributed by atoms with Crippen molar-refractivity contribution in [1.29, 1.82) is 5.26 Å². The van der Waals surface area contributed by atoms with Crippen molar-refractivity contribution in [2.75, 3.05) is 19.7 Å². The van der Waals surface area contributed by atoms with Gasteiger partial charge in [0.25, 0.3) is 0 Å². The molecule has 1 amide bonds. The summed E-state index contributed by atoms with van der Waals surface area (Å²) in [7, 11) is 0. The van der Waals surface area contributed by atoms with Gasteiger partial charge in [-0.05, 0) is 5.41 Å². The summed E-state index contributed by atoms with van der Waals surface area (Å²) < 4.78 is 0. The molecule has 0 spiro atoms. The summed E-state index contributed by atoms with van der Waals surface area (Å²) in [6, 6.07) is 1.85. The first-order chi connectivity index (χ1) is 6.51. The van der Waals surface area contributed by atoms with Gasteiger partial charge in [0.2, 0.25) is 5.91 Å². The van der Waals surface area contributed by atoms with E-state index in [9.17, 15) is 4.79 Å². The molecular formula is C10H16N2O2. The van der Waals surface area contributed by atoms with E-state index in [4.69, 9.17) is 10.4 Å². The summed E-state index contributed by atoms with van der Waals surface area (Å²) in [5, 5.41) is 17.5. The minimum atomic E-state index is -0.128. The maximum Gasteiger partial charge on any atom is 0.236 e. The van der Waals surface area contributed by atoms with Gasteiger partial charge in [-0.1, -0.05) is 13.8 Å².